The van der Waals surface area contributed by atoms with Crippen molar-refractivity contribution in [3.8, 4) is 0 Å². The fourth-order valence-electron chi connectivity index (χ4n) is 2.89. The first-order valence-electron chi connectivity index (χ1n) is 10.4. The summed E-state index contributed by atoms with van der Waals surface area (Å²) >= 11 is 0. The van der Waals surface area contributed by atoms with Crippen molar-refractivity contribution in [3.63, 3.8) is 0 Å². The van der Waals surface area contributed by atoms with Gasteiger partial charge in [0.1, 0.15) is 0 Å². The van der Waals surface area contributed by atoms with Gasteiger partial charge in [-0.1, -0.05) is 77.6 Å². The molecule has 1 atom stereocenters. The SMILES string of the molecule is CCCCCCCCCCCCCC(=O)OC(N)CCCCCN. The molecule has 0 heterocycles. The molecule has 24 heavy (non-hydrogen) atoms. The summed E-state index contributed by atoms with van der Waals surface area (Å²) < 4.78 is 5.23. The van der Waals surface area contributed by atoms with E-state index in [2.05, 4.69) is 6.92 Å². The van der Waals surface area contributed by atoms with Crippen LogP contribution in [0.2, 0.25) is 0 Å². The van der Waals surface area contributed by atoms with E-state index in [-0.39, 0.29) is 5.97 Å². The Labute approximate surface area is 150 Å². The average Bonchev–Trinajstić information content (AvgIpc) is 2.56. The zero-order valence-corrected chi connectivity index (χ0v) is 16.1. The number of carbonyl (C=O) groups is 1. The van der Waals surface area contributed by atoms with E-state index in [1.54, 1.807) is 0 Å². The van der Waals surface area contributed by atoms with Crippen LogP contribution in [0.3, 0.4) is 0 Å². The second-order valence-corrected chi connectivity index (χ2v) is 6.95. The van der Waals surface area contributed by atoms with Crippen LogP contribution >= 0.6 is 0 Å². The maximum Gasteiger partial charge on any atom is 0.307 e. The van der Waals surface area contributed by atoms with Crippen LogP contribution < -0.4 is 11.5 Å². The fourth-order valence-corrected chi connectivity index (χ4v) is 2.89. The Morgan fingerprint density at radius 2 is 1.29 bits per heavy atom. The van der Waals surface area contributed by atoms with Gasteiger partial charge in [0.05, 0.1) is 0 Å². The summed E-state index contributed by atoms with van der Waals surface area (Å²) in [7, 11) is 0. The number of unbranched alkanes of at least 4 members (excludes halogenated alkanes) is 12. The summed E-state index contributed by atoms with van der Waals surface area (Å²) in [4.78, 5) is 11.7. The van der Waals surface area contributed by atoms with E-state index >= 15 is 0 Å². The second kappa shape index (κ2) is 18.7. The molecule has 1 unspecified atom stereocenters. The zero-order valence-electron chi connectivity index (χ0n) is 16.1. The number of esters is 1. The highest BCUT2D eigenvalue weighted by Gasteiger charge is 2.09. The Kier molecular flexibility index (Phi) is 18.2. The molecule has 4 heteroatoms. The molecule has 0 aromatic heterocycles. The zero-order chi connectivity index (χ0) is 17.9. The largest absolute Gasteiger partial charge is 0.447 e. The lowest BCUT2D eigenvalue weighted by Gasteiger charge is -2.12. The normalized spacial score (nSPS) is 12.3. The van der Waals surface area contributed by atoms with Gasteiger partial charge in [-0.2, -0.15) is 0 Å². The first-order valence-corrected chi connectivity index (χ1v) is 10.4. The first kappa shape index (κ1) is 23.4. The molecule has 0 bridgehead atoms. The monoisotopic (exact) mass is 342 g/mol. The lowest BCUT2D eigenvalue weighted by atomic mass is 10.1. The van der Waals surface area contributed by atoms with E-state index in [0.717, 1.165) is 38.5 Å². The number of ether oxygens (including phenoxy) is 1. The van der Waals surface area contributed by atoms with Gasteiger partial charge in [-0.25, -0.2) is 0 Å². The quantitative estimate of drug-likeness (QED) is 0.208. The van der Waals surface area contributed by atoms with Gasteiger partial charge < -0.3 is 10.5 Å². The van der Waals surface area contributed by atoms with Gasteiger partial charge in [0.2, 0.25) is 0 Å². The van der Waals surface area contributed by atoms with E-state index in [9.17, 15) is 4.79 Å². The molecular weight excluding hydrogens is 300 g/mol. The average molecular weight is 343 g/mol. The Bertz CT molecular complexity index is 272. The van der Waals surface area contributed by atoms with E-state index in [4.69, 9.17) is 16.2 Å². The van der Waals surface area contributed by atoms with Crippen molar-refractivity contribution in [2.24, 2.45) is 11.5 Å². The minimum atomic E-state index is -0.442. The summed E-state index contributed by atoms with van der Waals surface area (Å²) in [5, 5.41) is 0. The molecule has 4 nitrogen and oxygen atoms in total. The van der Waals surface area contributed by atoms with Gasteiger partial charge in [-0.05, 0) is 32.2 Å². The minimum absolute atomic E-state index is 0.141. The molecule has 0 radical (unpaired) electrons. The number of hydrogen-bond donors (Lipinski definition) is 2. The fraction of sp³-hybridized carbons (Fsp3) is 0.950. The maximum absolute atomic E-state index is 11.7. The highest BCUT2D eigenvalue weighted by molar-refractivity contribution is 5.69. The standard InChI is InChI=1S/C20H42N2O2/c1-2-3-4-5-6-7-8-9-10-11-14-17-20(23)24-19(22)16-13-12-15-18-21/h19H,2-18,21-22H2,1H3. The molecule has 0 saturated heterocycles. The van der Waals surface area contributed by atoms with Crippen molar-refractivity contribution in [2.75, 3.05) is 6.54 Å². The third-order valence-corrected chi connectivity index (χ3v) is 4.46. The highest BCUT2D eigenvalue weighted by Crippen LogP contribution is 2.12. The number of rotatable bonds is 18. The summed E-state index contributed by atoms with van der Waals surface area (Å²) in [6.07, 6.45) is 18.0. The molecule has 0 saturated carbocycles. The van der Waals surface area contributed by atoms with Crippen LogP contribution in [0.4, 0.5) is 0 Å². The molecule has 0 aliphatic rings. The Morgan fingerprint density at radius 1 is 0.792 bits per heavy atom. The van der Waals surface area contributed by atoms with Crippen LogP contribution in [-0.2, 0) is 9.53 Å². The van der Waals surface area contributed by atoms with Crippen LogP contribution in [0.15, 0.2) is 0 Å². The molecule has 0 spiro atoms. The highest BCUT2D eigenvalue weighted by atomic mass is 16.6. The van der Waals surface area contributed by atoms with Crippen LogP contribution in [0.25, 0.3) is 0 Å². The molecule has 0 fully saturated rings. The predicted octanol–water partition coefficient (Wildman–Crippen LogP) is 5.03. The lowest BCUT2D eigenvalue weighted by Crippen LogP contribution is -2.27. The van der Waals surface area contributed by atoms with Crippen molar-refractivity contribution in [1.82, 2.24) is 0 Å². The van der Waals surface area contributed by atoms with Gasteiger partial charge in [-0.15, -0.1) is 0 Å². The van der Waals surface area contributed by atoms with E-state index in [0.29, 0.717) is 13.0 Å². The molecule has 0 aliphatic heterocycles. The molecule has 4 N–H and O–H groups in total. The Hall–Kier alpha value is -0.610. The van der Waals surface area contributed by atoms with E-state index in [1.807, 2.05) is 0 Å². The molecular formula is C20H42N2O2. The van der Waals surface area contributed by atoms with E-state index < -0.39 is 6.23 Å². The van der Waals surface area contributed by atoms with Gasteiger partial charge in [0.15, 0.2) is 6.23 Å². The lowest BCUT2D eigenvalue weighted by molar-refractivity contribution is -0.149. The van der Waals surface area contributed by atoms with Gasteiger partial charge in [0, 0.05) is 6.42 Å². The van der Waals surface area contributed by atoms with Crippen LogP contribution in [0, 0.1) is 0 Å². The second-order valence-electron chi connectivity index (χ2n) is 6.95. The van der Waals surface area contributed by atoms with Crippen molar-refractivity contribution >= 4 is 5.97 Å². The third-order valence-electron chi connectivity index (χ3n) is 4.46. The number of hydrogen-bond acceptors (Lipinski definition) is 4. The van der Waals surface area contributed by atoms with E-state index in [1.165, 1.54) is 57.8 Å². The van der Waals surface area contributed by atoms with Crippen LogP contribution in [0.5, 0.6) is 0 Å². The molecule has 0 rings (SSSR count). The van der Waals surface area contributed by atoms with Crippen LogP contribution in [-0.4, -0.2) is 18.7 Å². The molecule has 144 valence electrons. The van der Waals surface area contributed by atoms with Gasteiger partial charge in [0.25, 0.3) is 0 Å². The van der Waals surface area contributed by atoms with Gasteiger partial charge in [-0.3, -0.25) is 10.5 Å². The molecule has 0 amide bonds. The molecule has 0 aliphatic carbocycles. The van der Waals surface area contributed by atoms with Crippen molar-refractivity contribution in [2.45, 2.75) is 116 Å². The summed E-state index contributed by atoms with van der Waals surface area (Å²) in [6.45, 7) is 2.97. The van der Waals surface area contributed by atoms with Crippen molar-refractivity contribution in [3.05, 3.63) is 0 Å². The Balaban J connectivity index is 3.28. The maximum atomic E-state index is 11.7. The van der Waals surface area contributed by atoms with Gasteiger partial charge >= 0.3 is 5.97 Å². The number of carbonyl (C=O) groups excluding carboxylic acids is 1. The summed E-state index contributed by atoms with van der Waals surface area (Å²) in [5.41, 5.74) is 11.3. The first-order chi connectivity index (χ1) is 11.7. The third kappa shape index (κ3) is 17.7. The van der Waals surface area contributed by atoms with Crippen LogP contribution in [0.1, 0.15) is 110 Å². The summed E-state index contributed by atoms with van der Waals surface area (Å²) in [5.74, 6) is -0.141. The topological polar surface area (TPSA) is 78.3 Å². The van der Waals surface area contributed by atoms with Crippen molar-refractivity contribution < 1.29 is 9.53 Å². The summed E-state index contributed by atoms with van der Waals surface area (Å²) in [6, 6.07) is 0. The minimum Gasteiger partial charge on any atom is -0.447 e. The molecule has 0 aromatic rings. The smallest absolute Gasteiger partial charge is 0.307 e. The Morgan fingerprint density at radius 3 is 1.83 bits per heavy atom. The predicted molar refractivity (Wildman–Crippen MR) is 103 cm³/mol. The van der Waals surface area contributed by atoms with Crippen molar-refractivity contribution in [1.29, 1.82) is 0 Å². The molecule has 0 aromatic carbocycles. The number of nitrogens with two attached hydrogens (primary N) is 2.